The van der Waals surface area contributed by atoms with Crippen molar-refractivity contribution in [3.8, 4) is 0 Å². The normalized spacial score (nSPS) is 11.6. The highest BCUT2D eigenvalue weighted by molar-refractivity contribution is 5.71. The fourth-order valence-electron chi connectivity index (χ4n) is 1.65. The molecule has 0 saturated heterocycles. The number of carbonyl (C=O) groups excluding carboxylic acids is 1. The zero-order chi connectivity index (χ0) is 16.7. The van der Waals surface area contributed by atoms with Gasteiger partial charge in [-0.15, -0.1) is 0 Å². The molecular weight excluding hydrogens is 284 g/mol. The first kappa shape index (κ1) is 21.4. The number of hydrogen-bond donors (Lipinski definition) is 0. The molecule has 0 aromatic carbocycles. The zero-order valence-electron chi connectivity index (χ0n) is 14.8. The molecule has 0 amide bonds. The number of hydrogen-bond acceptors (Lipinski definition) is 5. The highest BCUT2D eigenvalue weighted by atomic mass is 16.6. The summed E-state index contributed by atoms with van der Waals surface area (Å²) in [6.45, 7) is 11.3. The van der Waals surface area contributed by atoms with Gasteiger partial charge in [0.25, 0.3) is 0 Å². The molecular formula is C17H34O5. The van der Waals surface area contributed by atoms with E-state index in [0.29, 0.717) is 13.2 Å². The lowest BCUT2D eigenvalue weighted by molar-refractivity contribution is -0.160. The van der Waals surface area contributed by atoms with Crippen LogP contribution in [-0.4, -0.2) is 51.2 Å². The molecule has 0 unspecified atom stereocenters. The SMILES string of the molecule is CCCCOCCCCOCCCOCC(=O)OC(C)(C)C. The average Bonchev–Trinajstić information content (AvgIpc) is 2.42. The Morgan fingerprint density at radius 3 is 1.82 bits per heavy atom. The van der Waals surface area contributed by atoms with E-state index in [1.54, 1.807) is 0 Å². The van der Waals surface area contributed by atoms with E-state index in [2.05, 4.69) is 6.92 Å². The van der Waals surface area contributed by atoms with Crippen molar-refractivity contribution in [3.05, 3.63) is 0 Å². The van der Waals surface area contributed by atoms with Crippen LogP contribution in [0.2, 0.25) is 0 Å². The van der Waals surface area contributed by atoms with Gasteiger partial charge in [-0.2, -0.15) is 0 Å². The van der Waals surface area contributed by atoms with Gasteiger partial charge in [0.05, 0.1) is 0 Å². The summed E-state index contributed by atoms with van der Waals surface area (Å²) in [5, 5.41) is 0. The molecule has 0 aromatic rings. The van der Waals surface area contributed by atoms with Gasteiger partial charge >= 0.3 is 5.97 Å². The van der Waals surface area contributed by atoms with Crippen molar-refractivity contribution in [2.45, 2.75) is 65.4 Å². The Bertz CT molecular complexity index is 260. The fraction of sp³-hybridized carbons (Fsp3) is 0.941. The second kappa shape index (κ2) is 14.0. The van der Waals surface area contributed by atoms with Crippen LogP contribution in [0.5, 0.6) is 0 Å². The van der Waals surface area contributed by atoms with E-state index < -0.39 is 5.60 Å². The quantitative estimate of drug-likeness (QED) is 0.363. The molecule has 0 aliphatic carbocycles. The zero-order valence-corrected chi connectivity index (χ0v) is 14.8. The predicted molar refractivity (Wildman–Crippen MR) is 87.1 cm³/mol. The molecule has 0 aromatic heterocycles. The predicted octanol–water partition coefficient (Wildman–Crippen LogP) is 3.35. The van der Waals surface area contributed by atoms with Gasteiger partial charge in [0.2, 0.25) is 0 Å². The largest absolute Gasteiger partial charge is 0.458 e. The van der Waals surface area contributed by atoms with E-state index in [9.17, 15) is 4.79 Å². The fourth-order valence-corrected chi connectivity index (χ4v) is 1.65. The van der Waals surface area contributed by atoms with Crippen molar-refractivity contribution in [1.82, 2.24) is 0 Å². The lowest BCUT2D eigenvalue weighted by Gasteiger charge is -2.19. The molecule has 0 N–H and O–H groups in total. The van der Waals surface area contributed by atoms with Crippen molar-refractivity contribution < 1.29 is 23.7 Å². The van der Waals surface area contributed by atoms with Gasteiger partial charge in [-0.05, 0) is 46.5 Å². The van der Waals surface area contributed by atoms with Crippen LogP contribution in [0.15, 0.2) is 0 Å². The molecule has 0 fully saturated rings. The van der Waals surface area contributed by atoms with Crippen molar-refractivity contribution >= 4 is 5.97 Å². The van der Waals surface area contributed by atoms with E-state index in [1.165, 1.54) is 6.42 Å². The van der Waals surface area contributed by atoms with Gasteiger partial charge in [0, 0.05) is 33.0 Å². The summed E-state index contributed by atoms with van der Waals surface area (Å²) in [6.07, 6.45) is 5.17. The maximum atomic E-state index is 11.4. The Morgan fingerprint density at radius 2 is 1.27 bits per heavy atom. The third-order valence-electron chi connectivity index (χ3n) is 2.69. The van der Waals surface area contributed by atoms with Crippen LogP contribution >= 0.6 is 0 Å². The number of carbonyl (C=O) groups is 1. The van der Waals surface area contributed by atoms with Gasteiger partial charge in [-0.3, -0.25) is 0 Å². The molecule has 0 aliphatic rings. The van der Waals surface area contributed by atoms with Gasteiger partial charge < -0.3 is 18.9 Å². The topological polar surface area (TPSA) is 54.0 Å². The molecule has 0 heterocycles. The average molecular weight is 318 g/mol. The van der Waals surface area contributed by atoms with Gasteiger partial charge in [0.15, 0.2) is 0 Å². The van der Waals surface area contributed by atoms with Crippen LogP contribution < -0.4 is 0 Å². The first-order chi connectivity index (χ1) is 10.5. The Kier molecular flexibility index (Phi) is 13.6. The lowest BCUT2D eigenvalue weighted by Crippen LogP contribution is -2.26. The summed E-state index contributed by atoms with van der Waals surface area (Å²) < 4.78 is 21.4. The highest BCUT2D eigenvalue weighted by Gasteiger charge is 2.15. The molecule has 0 rings (SSSR count). The monoisotopic (exact) mass is 318 g/mol. The maximum Gasteiger partial charge on any atom is 0.332 e. The van der Waals surface area contributed by atoms with Gasteiger partial charge in [-0.25, -0.2) is 4.79 Å². The number of rotatable bonds is 14. The van der Waals surface area contributed by atoms with Crippen LogP contribution in [0.25, 0.3) is 0 Å². The van der Waals surface area contributed by atoms with Gasteiger partial charge in [-0.1, -0.05) is 13.3 Å². The minimum atomic E-state index is -0.455. The van der Waals surface area contributed by atoms with E-state index >= 15 is 0 Å². The van der Waals surface area contributed by atoms with Crippen molar-refractivity contribution in [1.29, 1.82) is 0 Å². The third kappa shape index (κ3) is 17.4. The molecule has 0 aliphatic heterocycles. The van der Waals surface area contributed by atoms with Crippen LogP contribution in [0.3, 0.4) is 0 Å². The second-order valence-corrected chi connectivity index (χ2v) is 6.28. The number of esters is 1. The minimum absolute atomic E-state index is 0.00632. The van der Waals surface area contributed by atoms with Crippen LogP contribution in [0, 0.1) is 0 Å². The second-order valence-electron chi connectivity index (χ2n) is 6.28. The molecule has 0 saturated carbocycles. The van der Waals surface area contributed by atoms with Crippen molar-refractivity contribution in [2.75, 3.05) is 39.6 Å². The standard InChI is InChI=1S/C17H34O5/c1-5-6-10-19-11-7-8-12-20-13-9-14-21-15-16(18)22-17(2,3)4/h5-15H2,1-4H3. The summed E-state index contributed by atoms with van der Waals surface area (Å²) in [5.41, 5.74) is -0.455. The van der Waals surface area contributed by atoms with Crippen LogP contribution in [0.4, 0.5) is 0 Å². The van der Waals surface area contributed by atoms with Crippen LogP contribution in [-0.2, 0) is 23.7 Å². The van der Waals surface area contributed by atoms with Crippen LogP contribution in [0.1, 0.15) is 59.8 Å². The highest BCUT2D eigenvalue weighted by Crippen LogP contribution is 2.06. The first-order valence-corrected chi connectivity index (χ1v) is 8.41. The lowest BCUT2D eigenvalue weighted by atomic mass is 10.2. The third-order valence-corrected chi connectivity index (χ3v) is 2.69. The minimum Gasteiger partial charge on any atom is -0.458 e. The van der Waals surface area contributed by atoms with Crippen molar-refractivity contribution in [3.63, 3.8) is 0 Å². The van der Waals surface area contributed by atoms with E-state index in [4.69, 9.17) is 18.9 Å². The van der Waals surface area contributed by atoms with E-state index in [1.807, 2.05) is 20.8 Å². The van der Waals surface area contributed by atoms with Gasteiger partial charge in [0.1, 0.15) is 12.2 Å². The maximum absolute atomic E-state index is 11.4. The molecule has 0 bridgehead atoms. The summed E-state index contributed by atoms with van der Waals surface area (Å²) in [6, 6.07) is 0. The summed E-state index contributed by atoms with van der Waals surface area (Å²) in [5.74, 6) is -0.323. The summed E-state index contributed by atoms with van der Waals surface area (Å²) >= 11 is 0. The Balaban J connectivity index is 3.16. The molecule has 22 heavy (non-hydrogen) atoms. The molecule has 5 heteroatoms. The Morgan fingerprint density at radius 1 is 0.773 bits per heavy atom. The van der Waals surface area contributed by atoms with E-state index in [0.717, 1.165) is 45.5 Å². The number of ether oxygens (including phenoxy) is 4. The van der Waals surface area contributed by atoms with E-state index in [-0.39, 0.29) is 12.6 Å². The number of unbranched alkanes of at least 4 members (excludes halogenated alkanes) is 2. The first-order valence-electron chi connectivity index (χ1n) is 8.41. The Hall–Kier alpha value is -0.650. The molecule has 0 spiro atoms. The molecule has 132 valence electrons. The Labute approximate surface area is 135 Å². The molecule has 0 radical (unpaired) electrons. The summed E-state index contributed by atoms with van der Waals surface area (Å²) in [4.78, 5) is 11.4. The molecule has 5 nitrogen and oxygen atoms in total. The summed E-state index contributed by atoms with van der Waals surface area (Å²) in [7, 11) is 0. The van der Waals surface area contributed by atoms with Crippen molar-refractivity contribution in [2.24, 2.45) is 0 Å². The molecule has 0 atom stereocenters. The smallest absolute Gasteiger partial charge is 0.332 e.